The summed E-state index contributed by atoms with van der Waals surface area (Å²) in [5.41, 5.74) is 22.0. The molecule has 0 radical (unpaired) electrons. The molecule has 3 nitrogen and oxygen atoms in total. The summed E-state index contributed by atoms with van der Waals surface area (Å²) in [5.74, 6) is 0. The number of benzene rings is 6. The van der Waals surface area contributed by atoms with Crippen LogP contribution in [0.15, 0.2) is 115 Å². The van der Waals surface area contributed by atoms with Gasteiger partial charge < -0.3 is 14.7 Å². The van der Waals surface area contributed by atoms with Crippen molar-refractivity contribution in [1.82, 2.24) is 0 Å². The van der Waals surface area contributed by atoms with Crippen molar-refractivity contribution >= 4 is 89.3 Å². The van der Waals surface area contributed by atoms with Crippen molar-refractivity contribution in [2.75, 3.05) is 14.7 Å². The van der Waals surface area contributed by atoms with E-state index < -0.39 is 0 Å². The van der Waals surface area contributed by atoms with Gasteiger partial charge >= 0.3 is 0 Å². The molecular formula is C66H76BN3S. The Balaban J connectivity index is 1.24. The van der Waals surface area contributed by atoms with Gasteiger partial charge in [-0.25, -0.2) is 0 Å². The number of nitrogens with zero attached hydrogens (tertiary/aromatic N) is 3. The largest absolute Gasteiger partial charge is 0.334 e. The van der Waals surface area contributed by atoms with Crippen molar-refractivity contribution < 1.29 is 0 Å². The van der Waals surface area contributed by atoms with Crippen LogP contribution in [0.25, 0.3) is 10.1 Å². The first-order valence-electron chi connectivity index (χ1n) is 27.0. The third kappa shape index (κ3) is 6.79. The van der Waals surface area contributed by atoms with Crippen molar-refractivity contribution in [2.24, 2.45) is 0 Å². The SMILES string of the molecule is CC(C)(C)c1ccc(N2c3cc4c(cc3B3c5c2cc(N2c6ccccc6C6(C)CCCCC26C)cc5N(c2ccc(C(C)(C)C)cc2)c2sc5ccc(C(C)(C)C)cc5c23)C(C)(C)CCC4(C)C)cc1. The van der Waals surface area contributed by atoms with Gasteiger partial charge in [-0.05, 0) is 169 Å². The molecule has 3 aliphatic heterocycles. The Labute approximate surface area is 430 Å². The lowest BCUT2D eigenvalue weighted by Crippen LogP contribution is -2.61. The summed E-state index contributed by atoms with van der Waals surface area (Å²) >= 11 is 1.99. The molecule has 2 unspecified atom stereocenters. The average molecular weight is 954 g/mol. The fourth-order valence-corrected chi connectivity index (χ4v) is 15.3. The van der Waals surface area contributed by atoms with Gasteiger partial charge in [-0.1, -0.05) is 170 Å². The van der Waals surface area contributed by atoms with E-state index in [-0.39, 0.29) is 44.7 Å². The van der Waals surface area contributed by atoms with Gasteiger partial charge in [0.25, 0.3) is 6.71 Å². The predicted octanol–water partition coefficient (Wildman–Crippen LogP) is 17.0. The van der Waals surface area contributed by atoms with Gasteiger partial charge in [0.05, 0.1) is 10.5 Å². The molecule has 0 spiro atoms. The maximum atomic E-state index is 2.82. The number of hydrogen-bond acceptors (Lipinski definition) is 4. The number of rotatable bonds is 3. The van der Waals surface area contributed by atoms with Crippen LogP contribution in [0.4, 0.5) is 44.8 Å². The highest BCUT2D eigenvalue weighted by molar-refractivity contribution is 7.26. The molecule has 71 heavy (non-hydrogen) atoms. The van der Waals surface area contributed by atoms with E-state index in [1.165, 1.54) is 137 Å². The summed E-state index contributed by atoms with van der Waals surface area (Å²) in [6, 6.07) is 46.8. The van der Waals surface area contributed by atoms with Gasteiger partial charge in [0.2, 0.25) is 0 Å². The van der Waals surface area contributed by atoms with Crippen LogP contribution in [0.5, 0.6) is 0 Å². The Morgan fingerprint density at radius 3 is 1.61 bits per heavy atom. The van der Waals surface area contributed by atoms with Crippen LogP contribution in [-0.2, 0) is 32.5 Å². The van der Waals surface area contributed by atoms with Crippen LogP contribution in [-0.4, -0.2) is 12.3 Å². The van der Waals surface area contributed by atoms with E-state index in [4.69, 9.17) is 0 Å². The first-order chi connectivity index (χ1) is 33.3. The molecule has 5 aliphatic rings. The third-order valence-electron chi connectivity index (χ3n) is 18.8. The summed E-state index contributed by atoms with van der Waals surface area (Å²) < 4.78 is 1.36. The van der Waals surface area contributed by atoms with Gasteiger partial charge in [-0.15, -0.1) is 11.3 Å². The molecule has 4 heterocycles. The molecule has 1 saturated carbocycles. The van der Waals surface area contributed by atoms with E-state index in [1.54, 1.807) is 0 Å². The number of fused-ring (bicyclic) bond motifs is 10. The lowest BCUT2D eigenvalue weighted by molar-refractivity contribution is 0.195. The van der Waals surface area contributed by atoms with E-state index >= 15 is 0 Å². The lowest BCUT2D eigenvalue weighted by atomic mass is 9.33. The van der Waals surface area contributed by atoms with Crippen LogP contribution >= 0.6 is 11.3 Å². The second kappa shape index (κ2) is 15.2. The maximum absolute atomic E-state index is 2.82. The first-order valence-corrected chi connectivity index (χ1v) is 27.8. The van der Waals surface area contributed by atoms with Gasteiger partial charge in [0.1, 0.15) is 0 Å². The Hall–Kier alpha value is -5.26. The van der Waals surface area contributed by atoms with Crippen molar-refractivity contribution in [1.29, 1.82) is 0 Å². The summed E-state index contributed by atoms with van der Waals surface area (Å²) in [6.45, 7) is 36.3. The average Bonchev–Trinajstić information content (AvgIpc) is 3.79. The Morgan fingerprint density at radius 2 is 1.00 bits per heavy atom. The van der Waals surface area contributed by atoms with Crippen LogP contribution in [0.3, 0.4) is 0 Å². The third-order valence-corrected chi connectivity index (χ3v) is 19.9. The molecule has 2 atom stereocenters. The number of hydrogen-bond donors (Lipinski definition) is 0. The molecule has 6 aromatic carbocycles. The molecule has 2 aliphatic carbocycles. The Bertz CT molecular complexity index is 3310. The predicted molar refractivity (Wildman–Crippen MR) is 310 cm³/mol. The molecule has 12 rings (SSSR count). The molecule has 0 N–H and O–H groups in total. The minimum atomic E-state index is -0.101. The standard InChI is InChI=1S/C66H76BN3S/c1-60(2,3)41-22-27-44(28-23-41)68-53-40-50-49(63(10,11)34-35-64(50,12)13)39-51(53)67-57-47-36-43(62(7,8)9)26-31-56(47)71-59(57)69(45-29-24-42(25-30-45)61(4,5)6)55-38-46(37-54(68)58(55)67)70-52-21-17-16-20-48(52)65(14)32-18-19-33-66(65,70)15/h16-17,20-31,36-40H,18-19,32-35H2,1-15H3. The minimum Gasteiger partial charge on any atom is -0.334 e. The van der Waals surface area contributed by atoms with Crippen LogP contribution in [0, 0.1) is 0 Å². The highest BCUT2D eigenvalue weighted by atomic mass is 32.1. The van der Waals surface area contributed by atoms with Gasteiger partial charge in [0.15, 0.2) is 0 Å². The molecule has 5 heteroatoms. The highest BCUT2D eigenvalue weighted by Gasteiger charge is 2.58. The smallest absolute Gasteiger partial charge is 0.254 e. The zero-order valence-electron chi connectivity index (χ0n) is 45.5. The quantitative estimate of drug-likeness (QED) is 0.163. The summed E-state index contributed by atoms with van der Waals surface area (Å²) in [5, 5.41) is 2.74. The molecule has 364 valence electrons. The van der Waals surface area contributed by atoms with E-state index in [0.29, 0.717) is 0 Å². The van der Waals surface area contributed by atoms with Gasteiger partial charge in [-0.2, -0.15) is 0 Å². The Morgan fingerprint density at radius 1 is 0.465 bits per heavy atom. The summed E-state index contributed by atoms with van der Waals surface area (Å²) in [4.78, 5) is 8.23. The monoisotopic (exact) mass is 954 g/mol. The number of para-hydroxylation sites is 1. The second-order valence-electron chi connectivity index (χ2n) is 27.3. The molecule has 0 saturated heterocycles. The first kappa shape index (κ1) is 46.8. The highest BCUT2D eigenvalue weighted by Crippen LogP contribution is 2.62. The van der Waals surface area contributed by atoms with Crippen molar-refractivity contribution in [3.05, 3.63) is 149 Å². The zero-order chi connectivity index (χ0) is 50.2. The molecule has 0 bridgehead atoms. The molecule has 1 aromatic heterocycles. The maximum Gasteiger partial charge on any atom is 0.254 e. The summed E-state index contributed by atoms with van der Waals surface area (Å²) in [7, 11) is 0. The summed E-state index contributed by atoms with van der Waals surface area (Å²) in [6.07, 6.45) is 7.20. The van der Waals surface area contributed by atoms with Crippen molar-refractivity contribution in [3.8, 4) is 0 Å². The molecule has 1 fully saturated rings. The van der Waals surface area contributed by atoms with E-state index in [9.17, 15) is 0 Å². The van der Waals surface area contributed by atoms with Crippen molar-refractivity contribution in [3.63, 3.8) is 0 Å². The molecule has 0 amide bonds. The Kier molecular flexibility index (Phi) is 9.99. The minimum absolute atomic E-state index is 0.00301. The normalized spacial score (nSPS) is 21.9. The van der Waals surface area contributed by atoms with E-state index in [1.807, 2.05) is 11.3 Å². The molecule has 7 aromatic rings. The fourth-order valence-electron chi connectivity index (χ4n) is 14.0. The number of anilines is 8. The number of thiophene rings is 1. The lowest BCUT2D eigenvalue weighted by Gasteiger charge is -2.51. The van der Waals surface area contributed by atoms with Crippen LogP contribution in [0.2, 0.25) is 0 Å². The van der Waals surface area contributed by atoms with E-state index in [0.717, 1.165) is 6.42 Å². The van der Waals surface area contributed by atoms with Crippen molar-refractivity contribution in [2.45, 2.75) is 180 Å². The zero-order valence-corrected chi connectivity index (χ0v) is 46.4. The van der Waals surface area contributed by atoms with E-state index in [2.05, 4.69) is 234 Å². The fraction of sp³-hybridized carbons (Fsp3) is 0.424. The molecular weight excluding hydrogens is 878 g/mol. The van der Waals surface area contributed by atoms with Gasteiger partial charge in [-0.3, -0.25) is 0 Å². The second-order valence-corrected chi connectivity index (χ2v) is 28.3. The van der Waals surface area contributed by atoms with Gasteiger partial charge in [0, 0.05) is 49.9 Å². The van der Waals surface area contributed by atoms with Crippen LogP contribution < -0.4 is 31.1 Å². The topological polar surface area (TPSA) is 9.72 Å². The van der Waals surface area contributed by atoms with Crippen LogP contribution in [0.1, 0.15) is 176 Å².